The molecule has 2 N–H and O–H groups in total. The van der Waals surface area contributed by atoms with Crippen molar-refractivity contribution in [2.24, 2.45) is 0 Å². The second-order valence-electron chi connectivity index (χ2n) is 3.19. The van der Waals surface area contributed by atoms with E-state index in [1.54, 1.807) is 0 Å². The molecule has 0 aromatic heterocycles. The summed E-state index contributed by atoms with van der Waals surface area (Å²) >= 11 is 0. The van der Waals surface area contributed by atoms with Gasteiger partial charge in [-0.2, -0.15) is 0 Å². The molecule has 18 heavy (non-hydrogen) atoms. The van der Waals surface area contributed by atoms with Crippen LogP contribution < -0.4 is 9.47 Å². The quantitative estimate of drug-likeness (QED) is 0.586. The zero-order valence-corrected chi connectivity index (χ0v) is 9.59. The van der Waals surface area contributed by atoms with E-state index in [0.29, 0.717) is 0 Å². The van der Waals surface area contributed by atoms with E-state index in [2.05, 4.69) is 0 Å². The average Bonchev–Trinajstić information content (AvgIpc) is 2.35. The maximum absolute atomic E-state index is 11.4. The molecule has 96 valence electrons. The smallest absolute Gasteiger partial charge is 0.377 e. The number of aromatic carboxylic acids is 1. The molecule has 7 nitrogen and oxygen atoms in total. The molecule has 7 heteroatoms. The van der Waals surface area contributed by atoms with E-state index < -0.39 is 28.8 Å². The first-order valence-corrected chi connectivity index (χ1v) is 4.69. The largest absolute Gasteiger partial charge is 0.493 e. The number of hydrogen-bond acceptors (Lipinski definition) is 5. The number of ether oxygens (including phenoxy) is 2. The lowest BCUT2D eigenvalue weighted by Crippen LogP contribution is -2.17. The number of benzene rings is 1. The highest BCUT2D eigenvalue weighted by Gasteiger charge is 2.25. The Kier molecular flexibility index (Phi) is 3.88. The van der Waals surface area contributed by atoms with E-state index in [0.717, 1.165) is 12.1 Å². The monoisotopic (exact) mass is 254 g/mol. The molecule has 0 amide bonds. The van der Waals surface area contributed by atoms with Gasteiger partial charge >= 0.3 is 11.9 Å². The number of hydrogen-bond donors (Lipinski definition) is 2. The third-order valence-electron chi connectivity index (χ3n) is 2.19. The summed E-state index contributed by atoms with van der Waals surface area (Å²) in [5.74, 6) is -4.33. The number of Topliss-reactive ketones (excluding diaryl/α,β-unsaturated/α-hetero) is 1. The molecule has 1 aromatic carbocycles. The third-order valence-corrected chi connectivity index (χ3v) is 2.19. The van der Waals surface area contributed by atoms with Crippen LogP contribution in [0.15, 0.2) is 12.1 Å². The van der Waals surface area contributed by atoms with Gasteiger partial charge in [-0.3, -0.25) is 4.79 Å². The second-order valence-corrected chi connectivity index (χ2v) is 3.19. The van der Waals surface area contributed by atoms with Crippen molar-refractivity contribution >= 4 is 17.7 Å². The number of aliphatic carboxylic acids is 1. The fourth-order valence-corrected chi connectivity index (χ4v) is 1.36. The first-order valence-electron chi connectivity index (χ1n) is 4.69. The van der Waals surface area contributed by atoms with E-state index in [9.17, 15) is 14.4 Å². The van der Waals surface area contributed by atoms with Gasteiger partial charge < -0.3 is 19.7 Å². The summed E-state index contributed by atoms with van der Waals surface area (Å²) in [4.78, 5) is 33.0. The molecule has 0 saturated carbocycles. The van der Waals surface area contributed by atoms with Gasteiger partial charge in [0.25, 0.3) is 5.78 Å². The molecule has 1 aromatic rings. The van der Waals surface area contributed by atoms with Crippen molar-refractivity contribution in [3.8, 4) is 11.5 Å². The number of carboxylic acids is 2. The van der Waals surface area contributed by atoms with Crippen molar-refractivity contribution in [1.29, 1.82) is 0 Å². The molecule has 0 spiro atoms. The molecule has 0 aliphatic heterocycles. The maximum Gasteiger partial charge on any atom is 0.377 e. The van der Waals surface area contributed by atoms with E-state index in [4.69, 9.17) is 19.7 Å². The van der Waals surface area contributed by atoms with Crippen LogP contribution in [0.4, 0.5) is 0 Å². The fourth-order valence-electron chi connectivity index (χ4n) is 1.36. The average molecular weight is 254 g/mol. The second kappa shape index (κ2) is 5.17. The van der Waals surface area contributed by atoms with Crippen molar-refractivity contribution in [1.82, 2.24) is 0 Å². The van der Waals surface area contributed by atoms with Crippen LogP contribution in [0.25, 0.3) is 0 Å². The summed E-state index contributed by atoms with van der Waals surface area (Å²) in [6.45, 7) is 0. The first-order chi connectivity index (χ1) is 8.42. The van der Waals surface area contributed by atoms with Gasteiger partial charge in [-0.25, -0.2) is 9.59 Å². The van der Waals surface area contributed by atoms with Gasteiger partial charge in [-0.15, -0.1) is 0 Å². The first kappa shape index (κ1) is 13.5. The van der Waals surface area contributed by atoms with Crippen molar-refractivity contribution < 1.29 is 34.1 Å². The summed E-state index contributed by atoms with van der Waals surface area (Å²) in [6, 6.07) is 2.07. The minimum Gasteiger partial charge on any atom is -0.493 e. The van der Waals surface area contributed by atoms with Crippen molar-refractivity contribution in [2.75, 3.05) is 14.2 Å². The van der Waals surface area contributed by atoms with Crippen LogP contribution in [0.5, 0.6) is 11.5 Å². The molecule has 0 aliphatic carbocycles. The lowest BCUT2D eigenvalue weighted by molar-refractivity contribution is -0.131. The number of carbonyl (C=O) groups is 3. The molecular formula is C11H10O7. The highest BCUT2D eigenvalue weighted by Crippen LogP contribution is 2.30. The van der Waals surface area contributed by atoms with Gasteiger partial charge in [0.2, 0.25) is 0 Å². The Morgan fingerprint density at radius 3 is 1.72 bits per heavy atom. The van der Waals surface area contributed by atoms with E-state index in [1.807, 2.05) is 0 Å². The Hall–Kier alpha value is -2.57. The molecule has 0 atom stereocenters. The predicted octanol–water partition coefficient (Wildman–Crippen LogP) is 0.669. The highest BCUT2D eigenvalue weighted by molar-refractivity contribution is 6.41. The van der Waals surface area contributed by atoms with Gasteiger partial charge in [0, 0.05) is 5.56 Å². The van der Waals surface area contributed by atoms with Gasteiger partial charge in [0.05, 0.1) is 19.8 Å². The van der Waals surface area contributed by atoms with Crippen LogP contribution in [-0.4, -0.2) is 42.2 Å². The Morgan fingerprint density at radius 1 is 0.944 bits per heavy atom. The topological polar surface area (TPSA) is 110 Å². The van der Waals surface area contributed by atoms with E-state index in [1.165, 1.54) is 14.2 Å². The summed E-state index contributed by atoms with van der Waals surface area (Å²) in [5, 5.41) is 17.6. The van der Waals surface area contributed by atoms with Crippen LogP contribution in [0.3, 0.4) is 0 Å². The van der Waals surface area contributed by atoms with Gasteiger partial charge in [0.15, 0.2) is 11.5 Å². The third kappa shape index (κ3) is 2.40. The zero-order valence-electron chi connectivity index (χ0n) is 9.59. The van der Waals surface area contributed by atoms with Crippen molar-refractivity contribution in [3.63, 3.8) is 0 Å². The number of carboxylic acid groups (broad SMARTS) is 2. The standard InChI is InChI=1S/C11H10O7/c1-17-7-3-5(9(12)11(15)16)6(10(13)14)4-8(7)18-2/h3-4H,1-2H3,(H,13,14)(H,15,16). The minimum atomic E-state index is -1.75. The summed E-state index contributed by atoms with van der Waals surface area (Å²) in [7, 11) is 2.58. The molecule has 0 unspecified atom stereocenters. The summed E-state index contributed by atoms with van der Waals surface area (Å²) in [6.07, 6.45) is 0. The normalized spacial score (nSPS) is 9.67. The number of rotatable bonds is 5. The number of carbonyl (C=O) groups excluding carboxylic acids is 1. The highest BCUT2D eigenvalue weighted by atomic mass is 16.5. The number of methoxy groups -OCH3 is 2. The molecule has 0 aliphatic rings. The van der Waals surface area contributed by atoms with E-state index in [-0.39, 0.29) is 11.5 Å². The minimum absolute atomic E-state index is 0.0760. The molecular weight excluding hydrogens is 244 g/mol. The van der Waals surface area contributed by atoms with Gasteiger partial charge in [0.1, 0.15) is 0 Å². The van der Waals surface area contributed by atoms with Crippen LogP contribution >= 0.6 is 0 Å². The molecule has 0 bridgehead atoms. The zero-order chi connectivity index (χ0) is 13.9. The van der Waals surface area contributed by atoms with E-state index >= 15 is 0 Å². The Morgan fingerprint density at radius 2 is 1.39 bits per heavy atom. The van der Waals surface area contributed by atoms with Crippen molar-refractivity contribution in [3.05, 3.63) is 23.3 Å². The molecule has 0 heterocycles. The fraction of sp³-hybridized carbons (Fsp3) is 0.182. The van der Waals surface area contributed by atoms with Gasteiger partial charge in [-0.1, -0.05) is 0 Å². The Balaban J connectivity index is 3.52. The molecule has 0 fully saturated rings. The summed E-state index contributed by atoms with van der Waals surface area (Å²) in [5.41, 5.74) is -0.923. The lowest BCUT2D eigenvalue weighted by Gasteiger charge is -2.10. The number of ketones is 1. The summed E-state index contributed by atoms with van der Waals surface area (Å²) < 4.78 is 9.75. The molecule has 1 rings (SSSR count). The SMILES string of the molecule is COc1cc(C(=O)O)c(C(=O)C(=O)O)cc1OC. The van der Waals surface area contributed by atoms with Crippen LogP contribution in [-0.2, 0) is 4.79 Å². The Bertz CT molecular complexity index is 518. The Labute approximate surface area is 102 Å². The predicted molar refractivity (Wildman–Crippen MR) is 58.5 cm³/mol. The van der Waals surface area contributed by atoms with Crippen LogP contribution in [0, 0.1) is 0 Å². The van der Waals surface area contributed by atoms with Crippen LogP contribution in [0.1, 0.15) is 20.7 Å². The molecule has 0 saturated heterocycles. The maximum atomic E-state index is 11.4. The van der Waals surface area contributed by atoms with Gasteiger partial charge in [-0.05, 0) is 12.1 Å². The van der Waals surface area contributed by atoms with Crippen LogP contribution in [0.2, 0.25) is 0 Å². The van der Waals surface area contributed by atoms with Crippen molar-refractivity contribution in [2.45, 2.75) is 0 Å². The molecule has 0 radical (unpaired) electrons. The lowest BCUT2D eigenvalue weighted by atomic mass is 10.0.